The molecule has 0 spiro atoms. The smallest absolute Gasteiger partial charge is 0.252 e. The molecule has 1 aromatic rings. The first-order valence-corrected chi connectivity index (χ1v) is 5.98. The van der Waals surface area contributed by atoms with Gasteiger partial charge in [0.2, 0.25) is 0 Å². The lowest BCUT2D eigenvalue weighted by Crippen LogP contribution is -2.26. The minimum atomic E-state index is -0.0171. The van der Waals surface area contributed by atoms with E-state index in [9.17, 15) is 4.79 Å². The SMILES string of the molecule is Cc1cccc(C(=O)NCCCN)c1I. The molecule has 0 radical (unpaired) electrons. The van der Waals surface area contributed by atoms with Crippen LogP contribution in [0.15, 0.2) is 18.2 Å². The number of hydrogen-bond acceptors (Lipinski definition) is 2. The van der Waals surface area contributed by atoms with Crippen molar-refractivity contribution in [3.8, 4) is 0 Å². The van der Waals surface area contributed by atoms with Gasteiger partial charge in [0.15, 0.2) is 0 Å². The molecule has 82 valence electrons. The summed E-state index contributed by atoms with van der Waals surface area (Å²) in [6.07, 6.45) is 0.814. The van der Waals surface area contributed by atoms with Crippen LogP contribution in [0.4, 0.5) is 0 Å². The van der Waals surface area contributed by atoms with E-state index in [2.05, 4.69) is 27.9 Å². The van der Waals surface area contributed by atoms with Crippen LogP contribution in [0, 0.1) is 10.5 Å². The summed E-state index contributed by atoms with van der Waals surface area (Å²) in [6, 6.07) is 5.74. The van der Waals surface area contributed by atoms with E-state index in [0.29, 0.717) is 13.1 Å². The van der Waals surface area contributed by atoms with Crippen molar-refractivity contribution < 1.29 is 4.79 Å². The highest BCUT2D eigenvalue weighted by molar-refractivity contribution is 14.1. The predicted octanol–water partition coefficient (Wildman–Crippen LogP) is 1.68. The highest BCUT2D eigenvalue weighted by Gasteiger charge is 2.09. The maximum Gasteiger partial charge on any atom is 0.252 e. The Morgan fingerprint density at radius 1 is 1.53 bits per heavy atom. The summed E-state index contributed by atoms with van der Waals surface area (Å²) in [5.41, 5.74) is 7.22. The van der Waals surface area contributed by atoms with Gasteiger partial charge in [-0.15, -0.1) is 0 Å². The maximum absolute atomic E-state index is 11.7. The van der Waals surface area contributed by atoms with E-state index >= 15 is 0 Å². The lowest BCUT2D eigenvalue weighted by Gasteiger charge is -2.07. The molecule has 15 heavy (non-hydrogen) atoms. The highest BCUT2D eigenvalue weighted by atomic mass is 127. The standard InChI is InChI=1S/C11H15IN2O/c1-8-4-2-5-9(10(8)12)11(15)14-7-3-6-13/h2,4-5H,3,6-7,13H2,1H3,(H,14,15). The first kappa shape index (κ1) is 12.4. The van der Waals surface area contributed by atoms with E-state index in [-0.39, 0.29) is 5.91 Å². The summed E-state index contributed by atoms with van der Waals surface area (Å²) in [4.78, 5) is 11.7. The van der Waals surface area contributed by atoms with Crippen LogP contribution in [-0.4, -0.2) is 19.0 Å². The van der Waals surface area contributed by atoms with Crippen LogP contribution in [0.3, 0.4) is 0 Å². The molecule has 0 aromatic heterocycles. The molecule has 0 fully saturated rings. The van der Waals surface area contributed by atoms with Crippen molar-refractivity contribution in [2.75, 3.05) is 13.1 Å². The van der Waals surface area contributed by atoms with E-state index < -0.39 is 0 Å². The number of halogens is 1. The fraction of sp³-hybridized carbons (Fsp3) is 0.364. The topological polar surface area (TPSA) is 55.1 Å². The molecule has 0 aliphatic carbocycles. The van der Waals surface area contributed by atoms with E-state index in [1.54, 1.807) is 0 Å². The molecule has 0 saturated carbocycles. The molecule has 0 aliphatic rings. The molecule has 0 saturated heterocycles. The van der Waals surface area contributed by atoms with Gasteiger partial charge in [0.05, 0.1) is 5.56 Å². The first-order chi connectivity index (χ1) is 7.16. The number of benzene rings is 1. The zero-order valence-electron chi connectivity index (χ0n) is 8.72. The van der Waals surface area contributed by atoms with Crippen molar-refractivity contribution in [3.63, 3.8) is 0 Å². The molecule has 3 nitrogen and oxygen atoms in total. The average Bonchev–Trinajstić information content (AvgIpc) is 2.22. The molecule has 0 atom stereocenters. The third-order valence-electron chi connectivity index (χ3n) is 2.10. The second kappa shape index (κ2) is 6.07. The Kier molecular flexibility index (Phi) is 5.04. The molecule has 0 aliphatic heterocycles. The second-order valence-corrected chi connectivity index (χ2v) is 4.41. The zero-order chi connectivity index (χ0) is 11.3. The quantitative estimate of drug-likeness (QED) is 0.655. The van der Waals surface area contributed by atoms with Crippen molar-refractivity contribution in [3.05, 3.63) is 32.9 Å². The Bertz CT molecular complexity index is 352. The number of nitrogens with one attached hydrogen (secondary N) is 1. The Morgan fingerprint density at radius 3 is 2.93 bits per heavy atom. The number of carbonyl (C=O) groups is 1. The Hall–Kier alpha value is -0.620. The van der Waals surface area contributed by atoms with Crippen molar-refractivity contribution >= 4 is 28.5 Å². The summed E-state index contributed by atoms with van der Waals surface area (Å²) in [5, 5.41) is 2.84. The minimum absolute atomic E-state index is 0.0171. The molecular formula is C11H15IN2O. The van der Waals surface area contributed by atoms with Crippen molar-refractivity contribution in [2.45, 2.75) is 13.3 Å². The molecule has 4 heteroatoms. The lowest BCUT2D eigenvalue weighted by atomic mass is 10.1. The van der Waals surface area contributed by atoms with Crippen molar-refractivity contribution in [2.24, 2.45) is 5.73 Å². The summed E-state index contributed by atoms with van der Waals surface area (Å²) in [5.74, 6) is -0.0171. The number of nitrogens with two attached hydrogens (primary N) is 1. The van der Waals surface area contributed by atoms with Gasteiger partial charge >= 0.3 is 0 Å². The van der Waals surface area contributed by atoms with Gasteiger partial charge < -0.3 is 11.1 Å². The fourth-order valence-corrected chi connectivity index (χ4v) is 1.83. The molecule has 0 bridgehead atoms. The van der Waals surface area contributed by atoms with E-state index in [0.717, 1.165) is 21.1 Å². The number of rotatable bonds is 4. The molecule has 1 rings (SSSR count). The molecule has 1 amide bonds. The molecule has 1 aromatic carbocycles. The summed E-state index contributed by atoms with van der Waals surface area (Å²) in [6.45, 7) is 3.24. The first-order valence-electron chi connectivity index (χ1n) is 4.90. The van der Waals surface area contributed by atoms with E-state index in [1.807, 2.05) is 25.1 Å². The fourth-order valence-electron chi connectivity index (χ4n) is 1.22. The Balaban J connectivity index is 2.69. The van der Waals surface area contributed by atoms with Crippen LogP contribution in [0.1, 0.15) is 22.3 Å². The third kappa shape index (κ3) is 3.46. The van der Waals surface area contributed by atoms with Gasteiger partial charge in [0.1, 0.15) is 0 Å². The van der Waals surface area contributed by atoms with E-state index in [1.165, 1.54) is 0 Å². The van der Waals surface area contributed by atoms with E-state index in [4.69, 9.17) is 5.73 Å². The monoisotopic (exact) mass is 318 g/mol. The van der Waals surface area contributed by atoms with Crippen LogP contribution >= 0.6 is 22.6 Å². The minimum Gasteiger partial charge on any atom is -0.352 e. The second-order valence-electron chi connectivity index (χ2n) is 3.33. The largest absolute Gasteiger partial charge is 0.352 e. The molecular weight excluding hydrogens is 303 g/mol. The van der Waals surface area contributed by atoms with Gasteiger partial charge in [-0.2, -0.15) is 0 Å². The summed E-state index contributed by atoms with van der Waals surface area (Å²) in [7, 11) is 0. The van der Waals surface area contributed by atoms with Gasteiger partial charge in [-0.3, -0.25) is 4.79 Å². The molecule has 3 N–H and O–H groups in total. The van der Waals surface area contributed by atoms with Crippen LogP contribution < -0.4 is 11.1 Å². The van der Waals surface area contributed by atoms with Crippen molar-refractivity contribution in [1.29, 1.82) is 0 Å². The third-order valence-corrected chi connectivity index (χ3v) is 3.53. The normalized spacial score (nSPS) is 10.1. The molecule has 0 unspecified atom stereocenters. The van der Waals surface area contributed by atoms with Gasteiger partial charge in [0, 0.05) is 10.1 Å². The number of amides is 1. The predicted molar refractivity (Wildman–Crippen MR) is 69.9 cm³/mol. The van der Waals surface area contributed by atoms with Gasteiger partial charge in [-0.25, -0.2) is 0 Å². The summed E-state index contributed by atoms with van der Waals surface area (Å²) < 4.78 is 1.01. The van der Waals surface area contributed by atoms with Crippen LogP contribution in [0.25, 0.3) is 0 Å². The zero-order valence-corrected chi connectivity index (χ0v) is 10.9. The lowest BCUT2D eigenvalue weighted by molar-refractivity contribution is 0.0952. The van der Waals surface area contributed by atoms with Crippen molar-refractivity contribution in [1.82, 2.24) is 5.32 Å². The number of hydrogen-bond donors (Lipinski definition) is 2. The van der Waals surface area contributed by atoms with Gasteiger partial charge in [-0.05, 0) is 54.1 Å². The average molecular weight is 318 g/mol. The number of aryl methyl sites for hydroxylation is 1. The van der Waals surface area contributed by atoms with Crippen LogP contribution in [-0.2, 0) is 0 Å². The number of carbonyl (C=O) groups excluding carboxylic acids is 1. The summed E-state index contributed by atoms with van der Waals surface area (Å²) >= 11 is 2.20. The van der Waals surface area contributed by atoms with Gasteiger partial charge in [0.25, 0.3) is 5.91 Å². The van der Waals surface area contributed by atoms with Crippen LogP contribution in [0.2, 0.25) is 0 Å². The van der Waals surface area contributed by atoms with Gasteiger partial charge in [-0.1, -0.05) is 12.1 Å². The molecule has 0 heterocycles. The highest BCUT2D eigenvalue weighted by Crippen LogP contribution is 2.16. The maximum atomic E-state index is 11.7. The van der Waals surface area contributed by atoms with Crippen LogP contribution in [0.5, 0.6) is 0 Å². The Morgan fingerprint density at radius 2 is 2.27 bits per heavy atom. The Labute approximate surface area is 104 Å².